The van der Waals surface area contributed by atoms with E-state index in [9.17, 15) is 19.7 Å². The van der Waals surface area contributed by atoms with Crippen LogP contribution in [0.25, 0.3) is 0 Å². The lowest BCUT2D eigenvalue weighted by atomic mass is 10.1. The van der Waals surface area contributed by atoms with Crippen LogP contribution in [-0.4, -0.2) is 52.0 Å². The second-order valence-corrected chi connectivity index (χ2v) is 7.88. The molecule has 34 heavy (non-hydrogen) atoms. The molecule has 182 valence electrons. The molecule has 0 aliphatic carbocycles. The molecule has 0 radical (unpaired) electrons. The molecule has 0 spiro atoms. The van der Waals surface area contributed by atoms with Gasteiger partial charge in [-0.05, 0) is 0 Å². The fourth-order valence-electron chi connectivity index (χ4n) is 3.42. The number of carbonyl (C=O) groups is 2. The van der Waals surface area contributed by atoms with Crippen molar-refractivity contribution in [3.63, 3.8) is 0 Å². The number of nitrogen functional groups attached to an aromatic ring is 1. The smallest absolute Gasteiger partial charge is 0.291 e. The van der Waals surface area contributed by atoms with E-state index in [0.29, 0.717) is 56.0 Å². The minimum Gasteiger partial charge on any atom is -0.489 e. The highest BCUT2D eigenvalue weighted by atomic mass is 16.6. The number of fused-ring (bicyclic) bond motifs is 2. The molecule has 0 aromatic carbocycles. The molecule has 2 amide bonds. The van der Waals surface area contributed by atoms with Crippen molar-refractivity contribution < 1.29 is 24.0 Å². The Morgan fingerprint density at radius 3 is 2.00 bits per heavy atom. The second-order valence-electron chi connectivity index (χ2n) is 7.88. The molecule has 2 atom stereocenters. The molecular formula is C22H28N6O6. The maximum absolute atomic E-state index is 11.3. The molecule has 2 aliphatic heterocycles. The van der Waals surface area contributed by atoms with Crippen LogP contribution >= 0.6 is 0 Å². The molecule has 2 unspecified atom stereocenters. The molecule has 4 N–H and O–H groups in total. The predicted octanol–water partition coefficient (Wildman–Crippen LogP) is 1.31. The van der Waals surface area contributed by atoms with Crippen molar-refractivity contribution in [3.05, 3.63) is 46.0 Å². The predicted molar refractivity (Wildman–Crippen MR) is 122 cm³/mol. The molecule has 4 heterocycles. The molecular weight excluding hydrogens is 444 g/mol. The van der Waals surface area contributed by atoms with Crippen molar-refractivity contribution in [2.75, 3.05) is 18.9 Å². The normalized spacial score (nSPS) is 17.9. The van der Waals surface area contributed by atoms with E-state index >= 15 is 0 Å². The van der Waals surface area contributed by atoms with Gasteiger partial charge in [-0.2, -0.15) is 0 Å². The average Bonchev–Trinajstić information content (AvgIpc) is 2.84. The van der Waals surface area contributed by atoms with Gasteiger partial charge < -0.3 is 25.8 Å². The Morgan fingerprint density at radius 1 is 1.00 bits per heavy atom. The molecule has 2 aromatic rings. The summed E-state index contributed by atoms with van der Waals surface area (Å²) in [4.78, 5) is 40.8. The maximum atomic E-state index is 11.3. The molecule has 0 fully saturated rings. The molecule has 2 aromatic heterocycles. The van der Waals surface area contributed by atoms with E-state index in [4.69, 9.17) is 15.2 Å². The molecule has 12 nitrogen and oxygen atoms in total. The monoisotopic (exact) mass is 472 g/mol. The number of carbonyl (C=O) groups excluding carboxylic acids is 2. The molecule has 12 heteroatoms. The highest BCUT2D eigenvalue weighted by Crippen LogP contribution is 2.27. The number of rotatable bonds is 5. The Kier molecular flexibility index (Phi) is 8.17. The number of ether oxygens (including phenoxy) is 2. The van der Waals surface area contributed by atoms with E-state index in [1.165, 1.54) is 12.3 Å². The standard InChI is InChI=1S/C11H13N3O4.C11H15N3O2/c1-2-11(15)13-7-3-9-10(18-6-7)4-8(5-12-9)14(16)17;1-2-11(15)14-8-4-9-10(16-6-8)3-7(12)5-13-9/h4-5,7H,2-3,6H2,1H3,(H,13,15);3,5,8H,2,4,6,12H2,1H3,(H,14,15). The molecule has 0 saturated carbocycles. The lowest BCUT2D eigenvalue weighted by Crippen LogP contribution is -2.42. The van der Waals surface area contributed by atoms with Crippen molar-refractivity contribution >= 4 is 23.2 Å². The number of nitrogens with zero attached hydrogens (tertiary/aromatic N) is 3. The summed E-state index contributed by atoms with van der Waals surface area (Å²) in [6.45, 7) is 4.38. The Morgan fingerprint density at radius 2 is 1.50 bits per heavy atom. The average molecular weight is 473 g/mol. The highest BCUT2D eigenvalue weighted by molar-refractivity contribution is 5.76. The van der Waals surface area contributed by atoms with Gasteiger partial charge in [-0.3, -0.25) is 29.7 Å². The number of nitrogens with one attached hydrogen (secondary N) is 2. The molecule has 2 aliphatic rings. The van der Waals surface area contributed by atoms with Gasteiger partial charge in [0.1, 0.15) is 30.9 Å². The molecule has 0 bridgehead atoms. The van der Waals surface area contributed by atoms with E-state index in [0.717, 1.165) is 11.4 Å². The van der Waals surface area contributed by atoms with Gasteiger partial charge in [-0.25, -0.2) is 0 Å². The van der Waals surface area contributed by atoms with Gasteiger partial charge in [0.2, 0.25) is 11.8 Å². The van der Waals surface area contributed by atoms with Gasteiger partial charge in [0.25, 0.3) is 5.69 Å². The van der Waals surface area contributed by atoms with Gasteiger partial charge in [0.15, 0.2) is 0 Å². The van der Waals surface area contributed by atoms with Crippen LogP contribution in [0.3, 0.4) is 0 Å². The van der Waals surface area contributed by atoms with Crippen LogP contribution in [0.5, 0.6) is 11.5 Å². The van der Waals surface area contributed by atoms with E-state index in [-0.39, 0.29) is 29.6 Å². The van der Waals surface area contributed by atoms with E-state index < -0.39 is 4.92 Å². The fraction of sp³-hybridized carbons (Fsp3) is 0.455. The van der Waals surface area contributed by atoms with Gasteiger partial charge >= 0.3 is 0 Å². The lowest BCUT2D eigenvalue weighted by molar-refractivity contribution is -0.385. The zero-order valence-electron chi connectivity index (χ0n) is 19.1. The first kappa shape index (κ1) is 24.7. The number of anilines is 1. The summed E-state index contributed by atoms with van der Waals surface area (Å²) < 4.78 is 10.9. The Balaban J connectivity index is 0.000000192. The Hall–Kier alpha value is -3.96. The van der Waals surface area contributed by atoms with Crippen molar-refractivity contribution in [1.29, 1.82) is 0 Å². The number of nitro groups is 1. The lowest BCUT2D eigenvalue weighted by Gasteiger charge is -2.25. The second kappa shape index (κ2) is 11.3. The summed E-state index contributed by atoms with van der Waals surface area (Å²) in [5.41, 5.74) is 7.59. The highest BCUT2D eigenvalue weighted by Gasteiger charge is 2.24. The summed E-state index contributed by atoms with van der Waals surface area (Å²) in [5.74, 6) is 1.13. The summed E-state index contributed by atoms with van der Waals surface area (Å²) in [6.07, 6.45) is 4.93. The Bertz CT molecular complexity index is 1060. The number of pyridine rings is 2. The zero-order chi connectivity index (χ0) is 24.7. The van der Waals surface area contributed by atoms with Crippen LogP contribution < -0.4 is 25.8 Å². The first-order valence-electron chi connectivity index (χ1n) is 11.0. The Labute approximate surface area is 196 Å². The van der Waals surface area contributed by atoms with Crippen LogP contribution in [0, 0.1) is 10.1 Å². The number of aromatic nitrogens is 2. The number of amides is 2. The first-order valence-corrected chi connectivity index (χ1v) is 11.0. The van der Waals surface area contributed by atoms with Gasteiger partial charge in [0.05, 0.1) is 46.3 Å². The minimum absolute atomic E-state index is 0.0103. The van der Waals surface area contributed by atoms with Crippen LogP contribution in [0.15, 0.2) is 24.5 Å². The SMILES string of the molecule is CCC(=O)NC1COc2cc(N)cnc2C1.CCC(=O)NC1COc2cc([N+](=O)[O-])cnc2C1. The number of hydrogen-bond acceptors (Lipinski definition) is 9. The third kappa shape index (κ3) is 6.53. The minimum atomic E-state index is -0.512. The van der Waals surface area contributed by atoms with Gasteiger partial charge in [-0.1, -0.05) is 13.8 Å². The molecule has 0 saturated heterocycles. The summed E-state index contributed by atoms with van der Waals surface area (Å²) in [5, 5.41) is 16.3. The van der Waals surface area contributed by atoms with Crippen molar-refractivity contribution in [1.82, 2.24) is 20.6 Å². The maximum Gasteiger partial charge on any atom is 0.291 e. The van der Waals surface area contributed by atoms with Crippen molar-refractivity contribution in [2.24, 2.45) is 0 Å². The summed E-state index contributed by atoms with van der Waals surface area (Å²) >= 11 is 0. The molecule has 4 rings (SSSR count). The zero-order valence-corrected chi connectivity index (χ0v) is 19.1. The summed E-state index contributed by atoms with van der Waals surface area (Å²) in [6, 6.07) is 3.01. The van der Waals surface area contributed by atoms with E-state index in [1.54, 1.807) is 19.2 Å². The van der Waals surface area contributed by atoms with Crippen LogP contribution in [-0.2, 0) is 22.4 Å². The van der Waals surface area contributed by atoms with E-state index in [1.807, 2.05) is 6.92 Å². The third-order valence-corrected chi connectivity index (χ3v) is 5.21. The van der Waals surface area contributed by atoms with Crippen molar-refractivity contribution in [3.8, 4) is 11.5 Å². The quantitative estimate of drug-likeness (QED) is 0.428. The van der Waals surface area contributed by atoms with Crippen molar-refractivity contribution in [2.45, 2.75) is 51.6 Å². The first-order chi connectivity index (χ1) is 16.3. The number of nitrogens with two attached hydrogens (primary N) is 1. The number of hydrogen-bond donors (Lipinski definition) is 3. The topological polar surface area (TPSA) is 172 Å². The fourth-order valence-corrected chi connectivity index (χ4v) is 3.42. The van der Waals surface area contributed by atoms with E-state index in [2.05, 4.69) is 20.6 Å². The van der Waals surface area contributed by atoms with Crippen LogP contribution in [0.2, 0.25) is 0 Å². The largest absolute Gasteiger partial charge is 0.489 e. The third-order valence-electron chi connectivity index (χ3n) is 5.21. The summed E-state index contributed by atoms with van der Waals surface area (Å²) in [7, 11) is 0. The van der Waals surface area contributed by atoms with Crippen LogP contribution in [0.4, 0.5) is 11.4 Å². The van der Waals surface area contributed by atoms with Crippen LogP contribution in [0.1, 0.15) is 38.1 Å². The van der Waals surface area contributed by atoms with Gasteiger partial charge in [0, 0.05) is 31.7 Å². The van der Waals surface area contributed by atoms with Gasteiger partial charge in [-0.15, -0.1) is 0 Å².